The van der Waals surface area contributed by atoms with Crippen LogP contribution in [-0.2, 0) is 4.79 Å². The minimum atomic E-state index is -0.399. The predicted molar refractivity (Wildman–Crippen MR) is 79.9 cm³/mol. The third-order valence-corrected chi connectivity index (χ3v) is 5.15. The maximum absolute atomic E-state index is 13.2. The number of aliphatic hydroxyl groups excluding tert-OH is 1. The smallest absolute Gasteiger partial charge is 0.233 e. The summed E-state index contributed by atoms with van der Waals surface area (Å²) in [5.74, 6) is -0.321. The van der Waals surface area contributed by atoms with E-state index in [1.807, 2.05) is 0 Å². The molecule has 0 aromatic heterocycles. The molecule has 5 heteroatoms. The van der Waals surface area contributed by atoms with E-state index >= 15 is 0 Å². The highest BCUT2D eigenvalue weighted by Crippen LogP contribution is 2.46. The molecule has 1 saturated carbocycles. The van der Waals surface area contributed by atoms with Gasteiger partial charge >= 0.3 is 0 Å². The number of rotatable bonds is 1. The van der Waals surface area contributed by atoms with Crippen LogP contribution in [0.2, 0.25) is 5.02 Å². The minimum Gasteiger partial charge on any atom is -0.393 e. The first-order valence-corrected chi connectivity index (χ1v) is 7.85. The Balaban J connectivity index is 1.88. The average Bonchev–Trinajstić information content (AvgIpc) is 2.46. The quantitative estimate of drug-likeness (QED) is 0.862. The zero-order chi connectivity index (χ0) is 15.0. The van der Waals surface area contributed by atoms with Crippen LogP contribution in [0.15, 0.2) is 18.2 Å². The summed E-state index contributed by atoms with van der Waals surface area (Å²) in [6.07, 6.45) is 4.30. The third-order valence-electron chi connectivity index (χ3n) is 4.85. The number of hydrogen-bond donors (Lipinski definition) is 1. The standard InChI is InChI=1S/C16H19ClFNO2/c17-13-10-11(18)2-3-14(13)19-9-1-6-16(15(19)21)7-4-12(20)5-8-16/h2-3,10,12,20H,1,4-9H2. The van der Waals surface area contributed by atoms with Crippen molar-refractivity contribution in [1.82, 2.24) is 0 Å². The zero-order valence-electron chi connectivity index (χ0n) is 11.8. The molecule has 1 amide bonds. The molecule has 0 radical (unpaired) electrons. The van der Waals surface area contributed by atoms with E-state index in [1.54, 1.807) is 11.0 Å². The lowest BCUT2D eigenvalue weighted by molar-refractivity contribution is -0.133. The fourth-order valence-electron chi connectivity index (χ4n) is 3.62. The summed E-state index contributed by atoms with van der Waals surface area (Å²) in [5.41, 5.74) is 0.225. The summed E-state index contributed by atoms with van der Waals surface area (Å²) in [6, 6.07) is 4.16. The Labute approximate surface area is 128 Å². The molecule has 1 aromatic carbocycles. The molecule has 2 fully saturated rings. The summed E-state index contributed by atoms with van der Waals surface area (Å²) >= 11 is 6.10. The molecule has 1 aliphatic heterocycles. The zero-order valence-corrected chi connectivity index (χ0v) is 12.6. The number of nitrogens with zero attached hydrogens (tertiary/aromatic N) is 1. The summed E-state index contributed by atoms with van der Waals surface area (Å²) in [6.45, 7) is 0.620. The van der Waals surface area contributed by atoms with Crippen LogP contribution in [-0.4, -0.2) is 23.7 Å². The van der Waals surface area contributed by atoms with Gasteiger partial charge in [0, 0.05) is 6.54 Å². The van der Waals surface area contributed by atoms with Crippen LogP contribution < -0.4 is 4.90 Å². The second-order valence-electron chi connectivity index (χ2n) is 6.17. The maximum Gasteiger partial charge on any atom is 0.233 e. The first-order valence-electron chi connectivity index (χ1n) is 7.47. The number of hydrogen-bond acceptors (Lipinski definition) is 2. The number of halogens is 2. The van der Waals surface area contributed by atoms with Crippen LogP contribution in [0.4, 0.5) is 10.1 Å². The SMILES string of the molecule is O=C1N(c2ccc(F)cc2Cl)CCCC12CCC(O)CC2. The lowest BCUT2D eigenvalue weighted by Gasteiger charge is -2.45. The molecule has 0 atom stereocenters. The van der Waals surface area contributed by atoms with Gasteiger partial charge in [0.05, 0.1) is 22.2 Å². The van der Waals surface area contributed by atoms with Crippen molar-refractivity contribution < 1.29 is 14.3 Å². The monoisotopic (exact) mass is 311 g/mol. The van der Waals surface area contributed by atoms with Gasteiger partial charge in [0.1, 0.15) is 5.82 Å². The van der Waals surface area contributed by atoms with E-state index in [0.717, 1.165) is 25.7 Å². The van der Waals surface area contributed by atoms with Crippen molar-refractivity contribution >= 4 is 23.2 Å². The molecule has 0 unspecified atom stereocenters. The fraction of sp³-hybridized carbons (Fsp3) is 0.562. The number of amides is 1. The van der Waals surface area contributed by atoms with Gasteiger partial charge in [-0.25, -0.2) is 4.39 Å². The minimum absolute atomic E-state index is 0.0779. The molecule has 21 heavy (non-hydrogen) atoms. The molecule has 1 aliphatic carbocycles. The number of benzene rings is 1. The highest BCUT2D eigenvalue weighted by Gasteiger charge is 2.46. The van der Waals surface area contributed by atoms with Crippen molar-refractivity contribution in [2.24, 2.45) is 5.41 Å². The van der Waals surface area contributed by atoms with Crippen LogP contribution in [0.3, 0.4) is 0 Å². The van der Waals surface area contributed by atoms with Crippen LogP contribution in [0.5, 0.6) is 0 Å². The van der Waals surface area contributed by atoms with Crippen LogP contribution in [0.1, 0.15) is 38.5 Å². The summed E-state index contributed by atoms with van der Waals surface area (Å²) < 4.78 is 13.2. The van der Waals surface area contributed by atoms with Crippen molar-refractivity contribution in [2.45, 2.75) is 44.6 Å². The van der Waals surface area contributed by atoms with Crippen molar-refractivity contribution in [2.75, 3.05) is 11.4 Å². The Morgan fingerprint density at radius 2 is 2.00 bits per heavy atom. The number of aliphatic hydroxyl groups is 1. The molecule has 1 spiro atoms. The summed E-state index contributed by atoms with van der Waals surface area (Å²) in [5, 5.41) is 9.95. The molecule has 0 bridgehead atoms. The van der Waals surface area contributed by atoms with E-state index < -0.39 is 5.82 Å². The molecule has 1 N–H and O–H groups in total. The van der Waals surface area contributed by atoms with Gasteiger partial charge in [-0.05, 0) is 56.7 Å². The summed E-state index contributed by atoms with van der Waals surface area (Å²) in [4.78, 5) is 14.6. The van der Waals surface area contributed by atoms with E-state index in [0.29, 0.717) is 25.1 Å². The van der Waals surface area contributed by atoms with Crippen molar-refractivity contribution in [1.29, 1.82) is 0 Å². The topological polar surface area (TPSA) is 40.5 Å². The number of carbonyl (C=O) groups is 1. The molecular weight excluding hydrogens is 293 g/mol. The van der Waals surface area contributed by atoms with Crippen LogP contribution in [0.25, 0.3) is 0 Å². The normalized spacial score (nSPS) is 30.0. The molecule has 1 aromatic rings. The molecule has 1 saturated heterocycles. The Kier molecular flexibility index (Phi) is 3.93. The highest BCUT2D eigenvalue weighted by atomic mass is 35.5. The lowest BCUT2D eigenvalue weighted by Crippen LogP contribution is -2.51. The Bertz CT molecular complexity index is 555. The van der Waals surface area contributed by atoms with E-state index in [2.05, 4.69) is 0 Å². The van der Waals surface area contributed by atoms with Crippen molar-refractivity contribution in [3.05, 3.63) is 29.0 Å². The van der Waals surface area contributed by atoms with Gasteiger partial charge in [0.15, 0.2) is 0 Å². The first-order chi connectivity index (χ1) is 10.0. The van der Waals surface area contributed by atoms with Crippen LogP contribution in [0, 0.1) is 11.2 Å². The van der Waals surface area contributed by atoms with Gasteiger partial charge in [-0.3, -0.25) is 4.79 Å². The summed E-state index contributed by atoms with van der Waals surface area (Å²) in [7, 11) is 0. The Morgan fingerprint density at radius 3 is 2.67 bits per heavy atom. The maximum atomic E-state index is 13.2. The van der Waals surface area contributed by atoms with Crippen molar-refractivity contribution in [3.63, 3.8) is 0 Å². The van der Waals surface area contributed by atoms with Gasteiger partial charge in [0.2, 0.25) is 5.91 Å². The number of carbonyl (C=O) groups excluding carboxylic acids is 1. The van der Waals surface area contributed by atoms with Gasteiger partial charge in [-0.2, -0.15) is 0 Å². The molecular formula is C16H19ClFNO2. The van der Waals surface area contributed by atoms with Gasteiger partial charge in [-0.1, -0.05) is 11.6 Å². The Hall–Kier alpha value is -1.13. The third kappa shape index (κ3) is 2.67. The van der Waals surface area contributed by atoms with Crippen LogP contribution >= 0.6 is 11.6 Å². The van der Waals surface area contributed by atoms with E-state index in [1.165, 1.54) is 12.1 Å². The lowest BCUT2D eigenvalue weighted by atomic mass is 9.68. The Morgan fingerprint density at radius 1 is 1.29 bits per heavy atom. The number of piperidine rings is 1. The van der Waals surface area contributed by atoms with Gasteiger partial charge in [0.25, 0.3) is 0 Å². The van der Waals surface area contributed by atoms with Gasteiger partial charge in [-0.15, -0.1) is 0 Å². The largest absolute Gasteiger partial charge is 0.393 e. The second kappa shape index (κ2) is 5.58. The molecule has 3 rings (SSSR count). The van der Waals surface area contributed by atoms with E-state index in [-0.39, 0.29) is 22.4 Å². The predicted octanol–water partition coefficient (Wildman–Crippen LogP) is 3.53. The second-order valence-corrected chi connectivity index (χ2v) is 6.57. The number of anilines is 1. The van der Waals surface area contributed by atoms with Crippen molar-refractivity contribution in [3.8, 4) is 0 Å². The van der Waals surface area contributed by atoms with Gasteiger partial charge < -0.3 is 10.0 Å². The molecule has 3 nitrogen and oxygen atoms in total. The van der Waals surface area contributed by atoms with E-state index in [4.69, 9.17) is 11.6 Å². The fourth-order valence-corrected chi connectivity index (χ4v) is 3.89. The molecule has 1 heterocycles. The molecule has 114 valence electrons. The molecule has 2 aliphatic rings. The first kappa shape index (κ1) is 14.8. The highest BCUT2D eigenvalue weighted by molar-refractivity contribution is 6.33. The average molecular weight is 312 g/mol. The van der Waals surface area contributed by atoms with E-state index in [9.17, 15) is 14.3 Å².